The van der Waals surface area contributed by atoms with Crippen LogP contribution in [0.5, 0.6) is 0 Å². The van der Waals surface area contributed by atoms with Gasteiger partial charge in [0.25, 0.3) is 0 Å². The van der Waals surface area contributed by atoms with Gasteiger partial charge in [0.15, 0.2) is 0 Å². The first-order valence-electron chi connectivity index (χ1n) is 7.55. The fourth-order valence-electron chi connectivity index (χ4n) is 2.40. The average molecular weight is 291 g/mol. The molecule has 1 amide bonds. The fourth-order valence-corrected chi connectivity index (χ4v) is 2.40. The van der Waals surface area contributed by atoms with Gasteiger partial charge in [-0.05, 0) is 24.5 Å². The highest BCUT2D eigenvalue weighted by Crippen LogP contribution is 2.26. The molecule has 1 fully saturated rings. The smallest absolute Gasteiger partial charge is 0.225 e. The van der Waals surface area contributed by atoms with Gasteiger partial charge in [-0.15, -0.1) is 0 Å². The van der Waals surface area contributed by atoms with Crippen molar-refractivity contribution in [3.05, 3.63) is 29.8 Å². The minimum absolute atomic E-state index is 0.0407. The summed E-state index contributed by atoms with van der Waals surface area (Å²) in [7, 11) is 1.71. The summed E-state index contributed by atoms with van der Waals surface area (Å²) in [5.74, 6) is 0.0407. The van der Waals surface area contributed by atoms with Gasteiger partial charge in [0, 0.05) is 44.9 Å². The van der Waals surface area contributed by atoms with Crippen LogP contribution in [0.2, 0.25) is 0 Å². The maximum absolute atomic E-state index is 12.1. The summed E-state index contributed by atoms with van der Waals surface area (Å²) in [5, 5.41) is 2.96. The van der Waals surface area contributed by atoms with Gasteiger partial charge in [-0.1, -0.05) is 18.2 Å². The zero-order valence-corrected chi connectivity index (χ0v) is 12.7. The average Bonchev–Trinajstić information content (AvgIpc) is 3.32. The van der Waals surface area contributed by atoms with Crippen molar-refractivity contribution in [1.82, 2.24) is 4.90 Å². The van der Waals surface area contributed by atoms with Crippen LogP contribution < -0.4 is 11.1 Å². The van der Waals surface area contributed by atoms with E-state index in [0.29, 0.717) is 25.6 Å². The van der Waals surface area contributed by atoms with Gasteiger partial charge in [0.1, 0.15) is 0 Å². The monoisotopic (exact) mass is 291 g/mol. The fraction of sp³-hybridized carbons (Fsp3) is 0.562. The van der Waals surface area contributed by atoms with Crippen molar-refractivity contribution in [3.8, 4) is 0 Å². The molecule has 0 heterocycles. The van der Waals surface area contributed by atoms with E-state index < -0.39 is 0 Å². The number of carbonyl (C=O) groups is 1. The lowest BCUT2D eigenvalue weighted by Crippen LogP contribution is -2.32. The largest absolute Gasteiger partial charge is 0.383 e. The number of anilines is 1. The highest BCUT2D eigenvalue weighted by atomic mass is 16.5. The van der Waals surface area contributed by atoms with Crippen LogP contribution in [-0.4, -0.2) is 43.7 Å². The highest BCUT2D eigenvalue weighted by Gasteiger charge is 2.28. The Morgan fingerprint density at radius 3 is 2.81 bits per heavy atom. The van der Waals surface area contributed by atoms with Crippen molar-refractivity contribution < 1.29 is 9.53 Å². The van der Waals surface area contributed by atoms with Crippen LogP contribution in [0.4, 0.5) is 5.69 Å². The van der Waals surface area contributed by atoms with Gasteiger partial charge < -0.3 is 15.8 Å². The maximum atomic E-state index is 12.1. The second-order valence-electron chi connectivity index (χ2n) is 5.42. The van der Waals surface area contributed by atoms with E-state index in [2.05, 4.69) is 10.2 Å². The first-order valence-corrected chi connectivity index (χ1v) is 7.55. The quantitative estimate of drug-likeness (QED) is 0.725. The number of hydrogen-bond donors (Lipinski definition) is 2. The number of ether oxygens (including phenoxy) is 1. The lowest BCUT2D eigenvalue weighted by atomic mass is 10.1. The molecule has 0 radical (unpaired) electrons. The van der Waals surface area contributed by atoms with Crippen LogP contribution in [0.1, 0.15) is 24.8 Å². The Labute approximate surface area is 126 Å². The third kappa shape index (κ3) is 5.12. The Balaban J connectivity index is 1.80. The SMILES string of the molecule is COCCN(CCC(=O)Nc1ccccc1CN)C1CC1. The molecule has 0 aliphatic heterocycles. The molecule has 0 unspecified atom stereocenters. The molecule has 0 saturated heterocycles. The molecule has 116 valence electrons. The minimum Gasteiger partial charge on any atom is -0.383 e. The summed E-state index contributed by atoms with van der Waals surface area (Å²) in [5.41, 5.74) is 7.46. The minimum atomic E-state index is 0.0407. The van der Waals surface area contributed by atoms with Gasteiger partial charge in [-0.2, -0.15) is 0 Å². The molecule has 21 heavy (non-hydrogen) atoms. The van der Waals surface area contributed by atoms with E-state index >= 15 is 0 Å². The number of para-hydroxylation sites is 1. The zero-order chi connectivity index (χ0) is 15.1. The van der Waals surface area contributed by atoms with Gasteiger partial charge in [-0.3, -0.25) is 9.69 Å². The first kappa shape index (κ1) is 15.9. The topological polar surface area (TPSA) is 67.6 Å². The van der Waals surface area contributed by atoms with E-state index in [4.69, 9.17) is 10.5 Å². The molecule has 2 rings (SSSR count). The number of methoxy groups -OCH3 is 1. The number of carbonyl (C=O) groups excluding carboxylic acids is 1. The molecular weight excluding hydrogens is 266 g/mol. The molecule has 0 atom stereocenters. The summed E-state index contributed by atoms with van der Waals surface area (Å²) in [6, 6.07) is 8.31. The van der Waals surface area contributed by atoms with Crippen molar-refractivity contribution in [2.24, 2.45) is 5.73 Å². The van der Waals surface area contributed by atoms with Crippen LogP contribution in [0.25, 0.3) is 0 Å². The van der Waals surface area contributed by atoms with Crippen LogP contribution >= 0.6 is 0 Å². The predicted molar refractivity (Wildman–Crippen MR) is 84.1 cm³/mol. The number of nitrogens with two attached hydrogens (primary N) is 1. The molecule has 1 aliphatic rings. The van der Waals surface area contributed by atoms with Crippen molar-refractivity contribution >= 4 is 11.6 Å². The summed E-state index contributed by atoms with van der Waals surface area (Å²) in [4.78, 5) is 14.4. The first-order chi connectivity index (χ1) is 10.2. The molecule has 3 N–H and O–H groups in total. The van der Waals surface area contributed by atoms with E-state index in [-0.39, 0.29) is 5.91 Å². The Morgan fingerprint density at radius 1 is 1.38 bits per heavy atom. The van der Waals surface area contributed by atoms with Gasteiger partial charge in [0.2, 0.25) is 5.91 Å². The number of benzene rings is 1. The van der Waals surface area contributed by atoms with E-state index in [1.54, 1.807) is 7.11 Å². The Hall–Kier alpha value is -1.43. The van der Waals surface area contributed by atoms with Crippen molar-refractivity contribution in [1.29, 1.82) is 0 Å². The molecular formula is C16H25N3O2. The van der Waals surface area contributed by atoms with Crippen LogP contribution in [-0.2, 0) is 16.1 Å². The number of nitrogens with zero attached hydrogens (tertiary/aromatic N) is 1. The number of rotatable bonds is 9. The Bertz CT molecular complexity index is 461. The van der Waals surface area contributed by atoms with E-state index in [0.717, 1.165) is 24.3 Å². The lowest BCUT2D eigenvalue weighted by molar-refractivity contribution is -0.116. The molecule has 0 spiro atoms. The lowest BCUT2D eigenvalue weighted by Gasteiger charge is -2.21. The third-order valence-corrected chi connectivity index (χ3v) is 3.78. The van der Waals surface area contributed by atoms with Crippen LogP contribution in [0.15, 0.2) is 24.3 Å². The number of nitrogens with one attached hydrogen (secondary N) is 1. The third-order valence-electron chi connectivity index (χ3n) is 3.78. The molecule has 5 nitrogen and oxygen atoms in total. The highest BCUT2D eigenvalue weighted by molar-refractivity contribution is 5.91. The molecule has 1 aromatic carbocycles. The summed E-state index contributed by atoms with van der Waals surface area (Å²) in [6.07, 6.45) is 2.97. The van der Waals surface area contributed by atoms with E-state index in [1.807, 2.05) is 24.3 Å². The second kappa shape index (κ2) is 8.12. The molecule has 0 aromatic heterocycles. The Kier molecular flexibility index (Phi) is 6.17. The molecule has 1 saturated carbocycles. The van der Waals surface area contributed by atoms with Crippen LogP contribution in [0, 0.1) is 0 Å². The molecule has 1 aliphatic carbocycles. The predicted octanol–water partition coefficient (Wildman–Crippen LogP) is 1.58. The molecule has 5 heteroatoms. The van der Waals surface area contributed by atoms with Crippen molar-refractivity contribution in [2.45, 2.75) is 31.8 Å². The molecule has 0 bridgehead atoms. The van der Waals surface area contributed by atoms with Gasteiger partial charge in [-0.25, -0.2) is 0 Å². The Morgan fingerprint density at radius 2 is 2.14 bits per heavy atom. The van der Waals surface area contributed by atoms with E-state index in [1.165, 1.54) is 12.8 Å². The van der Waals surface area contributed by atoms with Crippen molar-refractivity contribution in [2.75, 3.05) is 32.1 Å². The maximum Gasteiger partial charge on any atom is 0.225 e. The zero-order valence-electron chi connectivity index (χ0n) is 12.7. The normalized spacial score (nSPS) is 14.4. The summed E-state index contributed by atoms with van der Waals surface area (Å²) < 4.78 is 5.13. The van der Waals surface area contributed by atoms with E-state index in [9.17, 15) is 4.79 Å². The number of amides is 1. The number of hydrogen-bond acceptors (Lipinski definition) is 4. The van der Waals surface area contributed by atoms with Crippen molar-refractivity contribution in [3.63, 3.8) is 0 Å². The van der Waals surface area contributed by atoms with Crippen LogP contribution in [0.3, 0.4) is 0 Å². The summed E-state index contributed by atoms with van der Waals surface area (Å²) >= 11 is 0. The summed E-state index contributed by atoms with van der Waals surface area (Å²) in [6.45, 7) is 2.82. The second-order valence-corrected chi connectivity index (χ2v) is 5.42. The van der Waals surface area contributed by atoms with Gasteiger partial charge in [0.05, 0.1) is 6.61 Å². The standard InChI is InChI=1S/C16H25N3O2/c1-21-11-10-19(14-6-7-14)9-8-16(20)18-15-5-3-2-4-13(15)12-17/h2-5,14H,6-12,17H2,1H3,(H,18,20). The molecule has 1 aromatic rings. The van der Waals surface area contributed by atoms with Gasteiger partial charge >= 0.3 is 0 Å².